The van der Waals surface area contributed by atoms with E-state index in [1.165, 1.54) is 11.3 Å². The van der Waals surface area contributed by atoms with Gasteiger partial charge in [-0.2, -0.15) is 0 Å². The number of carbonyl (C=O) groups is 2. The molecule has 25 heavy (non-hydrogen) atoms. The van der Waals surface area contributed by atoms with Crippen LogP contribution in [0.5, 0.6) is 5.75 Å². The normalized spacial score (nSPS) is 13.1. The maximum Gasteiger partial charge on any atom is 0.326 e. The number of rotatable bonds is 8. The number of hydrogen-bond donors (Lipinski definition) is 2. The molecule has 134 valence electrons. The highest BCUT2D eigenvalue weighted by atomic mass is 32.1. The van der Waals surface area contributed by atoms with Crippen molar-refractivity contribution in [1.82, 2.24) is 10.3 Å². The van der Waals surface area contributed by atoms with Gasteiger partial charge in [0.15, 0.2) is 0 Å². The van der Waals surface area contributed by atoms with Crippen LogP contribution in [-0.2, 0) is 16.0 Å². The lowest BCUT2D eigenvalue weighted by Gasteiger charge is -2.19. The fraction of sp³-hybridized carbons (Fsp3) is 0.389. The largest absolute Gasteiger partial charge is 0.497 e. The molecule has 0 unspecified atom stereocenters. The zero-order valence-electron chi connectivity index (χ0n) is 14.5. The van der Waals surface area contributed by atoms with Crippen LogP contribution in [0.2, 0.25) is 0 Å². The zero-order valence-corrected chi connectivity index (χ0v) is 15.3. The third-order valence-corrected chi connectivity index (χ3v) is 4.97. The van der Waals surface area contributed by atoms with Gasteiger partial charge in [0.1, 0.15) is 16.8 Å². The summed E-state index contributed by atoms with van der Waals surface area (Å²) in [6.45, 7) is 3.71. The topological polar surface area (TPSA) is 88.5 Å². The van der Waals surface area contributed by atoms with Gasteiger partial charge in [0, 0.05) is 10.9 Å². The third kappa shape index (κ3) is 5.03. The number of aromatic nitrogens is 1. The van der Waals surface area contributed by atoms with E-state index >= 15 is 0 Å². The molecule has 0 aliphatic heterocycles. The molecule has 2 rings (SSSR count). The first kappa shape index (κ1) is 18.9. The molecule has 0 spiro atoms. The van der Waals surface area contributed by atoms with Gasteiger partial charge in [-0.05, 0) is 30.2 Å². The van der Waals surface area contributed by atoms with Crippen molar-refractivity contribution in [3.05, 3.63) is 35.3 Å². The number of nitrogens with one attached hydrogen (secondary N) is 1. The van der Waals surface area contributed by atoms with E-state index in [0.29, 0.717) is 12.1 Å². The highest BCUT2D eigenvalue weighted by Crippen LogP contribution is 2.25. The Morgan fingerprint density at radius 2 is 2.00 bits per heavy atom. The lowest BCUT2D eigenvalue weighted by Crippen LogP contribution is -2.45. The molecule has 1 aromatic carbocycles. The molecule has 1 aromatic heterocycles. The number of benzene rings is 1. The first-order valence-corrected chi connectivity index (χ1v) is 8.93. The summed E-state index contributed by atoms with van der Waals surface area (Å²) in [6.07, 6.45) is 0.739. The smallest absolute Gasteiger partial charge is 0.326 e. The van der Waals surface area contributed by atoms with Crippen LogP contribution >= 0.6 is 11.3 Å². The van der Waals surface area contributed by atoms with E-state index in [-0.39, 0.29) is 18.2 Å². The molecular formula is C18H22N2O4S. The van der Waals surface area contributed by atoms with Crippen molar-refractivity contribution in [3.8, 4) is 16.3 Å². The van der Waals surface area contributed by atoms with E-state index in [1.807, 2.05) is 43.5 Å². The zero-order chi connectivity index (χ0) is 18.4. The molecule has 0 aliphatic carbocycles. The fourth-order valence-electron chi connectivity index (χ4n) is 2.33. The van der Waals surface area contributed by atoms with Crippen LogP contribution in [-0.4, -0.2) is 35.1 Å². The molecule has 0 aliphatic rings. The quantitative estimate of drug-likeness (QED) is 0.754. The van der Waals surface area contributed by atoms with E-state index in [1.54, 1.807) is 7.11 Å². The molecule has 0 bridgehead atoms. The van der Waals surface area contributed by atoms with E-state index in [9.17, 15) is 14.7 Å². The Balaban J connectivity index is 2.02. The number of hydrogen-bond acceptors (Lipinski definition) is 5. The third-order valence-electron chi connectivity index (χ3n) is 4.03. The standard InChI is InChI=1S/C18H22N2O4S/c1-4-11(2)16(18(22)23)20-15(21)9-13-10-25-17(19-13)12-5-7-14(24-3)8-6-12/h5-8,10-11,16H,4,9H2,1-3H3,(H,20,21)(H,22,23)/t11-,16+/m1/s1. The second kappa shape index (κ2) is 8.62. The maximum absolute atomic E-state index is 12.2. The van der Waals surface area contributed by atoms with Crippen molar-refractivity contribution in [2.45, 2.75) is 32.7 Å². The summed E-state index contributed by atoms with van der Waals surface area (Å²) in [5, 5.41) is 14.5. The summed E-state index contributed by atoms with van der Waals surface area (Å²) in [6, 6.07) is 6.65. The first-order chi connectivity index (χ1) is 11.9. The molecule has 1 amide bonds. The van der Waals surface area contributed by atoms with Crippen molar-refractivity contribution in [2.75, 3.05) is 7.11 Å². The number of carbonyl (C=O) groups excluding carboxylic acids is 1. The van der Waals surface area contributed by atoms with E-state index in [2.05, 4.69) is 10.3 Å². The lowest BCUT2D eigenvalue weighted by molar-refractivity contribution is -0.143. The molecule has 0 fully saturated rings. The molecule has 1 heterocycles. The summed E-state index contributed by atoms with van der Waals surface area (Å²) in [7, 11) is 1.61. The van der Waals surface area contributed by atoms with Crippen LogP contribution < -0.4 is 10.1 Å². The second-order valence-electron chi connectivity index (χ2n) is 5.82. The SMILES string of the molecule is CC[C@@H](C)[C@H](NC(=O)Cc1csc(-c2ccc(OC)cc2)n1)C(=O)O. The monoisotopic (exact) mass is 362 g/mol. The van der Waals surface area contributed by atoms with Gasteiger partial charge in [-0.15, -0.1) is 11.3 Å². The van der Waals surface area contributed by atoms with Crippen LogP contribution in [0.4, 0.5) is 0 Å². The molecule has 0 saturated carbocycles. The fourth-order valence-corrected chi connectivity index (χ4v) is 3.15. The van der Waals surface area contributed by atoms with E-state index in [0.717, 1.165) is 16.3 Å². The van der Waals surface area contributed by atoms with Gasteiger partial charge < -0.3 is 15.2 Å². The number of carboxylic acid groups (broad SMARTS) is 1. The Kier molecular flexibility index (Phi) is 6.52. The number of carboxylic acids is 1. The average molecular weight is 362 g/mol. The molecule has 0 saturated heterocycles. The molecular weight excluding hydrogens is 340 g/mol. The first-order valence-electron chi connectivity index (χ1n) is 8.05. The van der Waals surface area contributed by atoms with Gasteiger partial charge in [-0.1, -0.05) is 20.3 Å². The second-order valence-corrected chi connectivity index (χ2v) is 6.68. The van der Waals surface area contributed by atoms with Gasteiger partial charge in [0.25, 0.3) is 0 Å². The van der Waals surface area contributed by atoms with E-state index in [4.69, 9.17) is 4.74 Å². The number of aliphatic carboxylic acids is 1. The number of nitrogens with zero attached hydrogens (tertiary/aromatic N) is 1. The van der Waals surface area contributed by atoms with Crippen molar-refractivity contribution >= 4 is 23.2 Å². The summed E-state index contributed by atoms with van der Waals surface area (Å²) < 4.78 is 5.13. The van der Waals surface area contributed by atoms with Crippen LogP contribution in [0.15, 0.2) is 29.6 Å². The highest BCUT2D eigenvalue weighted by molar-refractivity contribution is 7.13. The maximum atomic E-state index is 12.2. The van der Waals surface area contributed by atoms with Gasteiger partial charge in [-0.25, -0.2) is 9.78 Å². The van der Waals surface area contributed by atoms with Gasteiger partial charge in [-0.3, -0.25) is 4.79 Å². The highest BCUT2D eigenvalue weighted by Gasteiger charge is 2.25. The predicted molar refractivity (Wildman–Crippen MR) is 96.8 cm³/mol. The molecule has 7 heteroatoms. The van der Waals surface area contributed by atoms with Gasteiger partial charge in [0.2, 0.25) is 5.91 Å². The predicted octanol–water partition coefficient (Wildman–Crippen LogP) is 2.98. The Morgan fingerprint density at radius 3 is 2.56 bits per heavy atom. The minimum Gasteiger partial charge on any atom is -0.497 e. The van der Waals surface area contributed by atoms with Crippen molar-refractivity contribution in [1.29, 1.82) is 0 Å². The van der Waals surface area contributed by atoms with Crippen LogP contribution in [0.1, 0.15) is 26.0 Å². The lowest BCUT2D eigenvalue weighted by atomic mass is 9.99. The van der Waals surface area contributed by atoms with Gasteiger partial charge in [0.05, 0.1) is 19.2 Å². The average Bonchev–Trinajstić information content (AvgIpc) is 3.07. The number of amides is 1. The molecule has 6 nitrogen and oxygen atoms in total. The summed E-state index contributed by atoms with van der Waals surface area (Å²) in [4.78, 5) is 27.9. The number of thiazole rings is 1. The summed E-state index contributed by atoms with van der Waals surface area (Å²) >= 11 is 1.45. The molecule has 2 aromatic rings. The van der Waals surface area contributed by atoms with E-state index < -0.39 is 12.0 Å². The van der Waals surface area contributed by atoms with Crippen LogP contribution in [0, 0.1) is 5.92 Å². The molecule has 2 atom stereocenters. The number of methoxy groups -OCH3 is 1. The Morgan fingerprint density at radius 1 is 1.32 bits per heavy atom. The summed E-state index contributed by atoms with van der Waals surface area (Å²) in [5.41, 5.74) is 1.57. The van der Waals surface area contributed by atoms with Crippen molar-refractivity contribution < 1.29 is 19.4 Å². The van der Waals surface area contributed by atoms with Crippen LogP contribution in [0.25, 0.3) is 10.6 Å². The molecule has 2 N–H and O–H groups in total. The Hall–Kier alpha value is -2.41. The van der Waals surface area contributed by atoms with Gasteiger partial charge >= 0.3 is 5.97 Å². The Labute approximate surface area is 150 Å². The molecule has 0 radical (unpaired) electrons. The van der Waals surface area contributed by atoms with Crippen LogP contribution in [0.3, 0.4) is 0 Å². The minimum atomic E-state index is -1.01. The van der Waals surface area contributed by atoms with Crippen molar-refractivity contribution in [3.63, 3.8) is 0 Å². The van der Waals surface area contributed by atoms with Crippen molar-refractivity contribution in [2.24, 2.45) is 5.92 Å². The summed E-state index contributed by atoms with van der Waals surface area (Å²) in [5.74, 6) is -0.712. The minimum absolute atomic E-state index is 0.0624. The number of ether oxygens (including phenoxy) is 1. The Bertz CT molecular complexity index is 727.